The maximum absolute atomic E-state index is 10.2. The van der Waals surface area contributed by atoms with Crippen molar-refractivity contribution in [1.29, 1.82) is 0 Å². The Morgan fingerprint density at radius 3 is 2.91 bits per heavy atom. The van der Waals surface area contributed by atoms with E-state index in [1.54, 1.807) is 0 Å². The Labute approximate surface area is 67.6 Å². The average Bonchev–Trinajstić information content (AvgIpc) is 2.33. The van der Waals surface area contributed by atoms with E-state index in [0.29, 0.717) is 12.3 Å². The zero-order valence-corrected chi connectivity index (χ0v) is 7.05. The molecule has 11 heavy (non-hydrogen) atoms. The van der Waals surface area contributed by atoms with Gasteiger partial charge in [0.1, 0.15) is 6.29 Å². The third-order valence-electron chi connectivity index (χ3n) is 2.73. The van der Waals surface area contributed by atoms with E-state index in [4.69, 9.17) is 0 Å². The molecule has 2 nitrogen and oxygen atoms in total. The van der Waals surface area contributed by atoms with Gasteiger partial charge in [0.25, 0.3) is 0 Å². The molecule has 2 unspecified atom stereocenters. The highest BCUT2D eigenvalue weighted by Crippen LogP contribution is 2.37. The van der Waals surface area contributed by atoms with Gasteiger partial charge in [-0.25, -0.2) is 0 Å². The molecule has 1 aliphatic carbocycles. The molecule has 0 heterocycles. The molecule has 0 saturated heterocycles. The summed E-state index contributed by atoms with van der Waals surface area (Å²) in [6.07, 6.45) is 5.00. The smallest absolute Gasteiger partial charge is 0.122 e. The van der Waals surface area contributed by atoms with Gasteiger partial charge in [0.2, 0.25) is 0 Å². The molecule has 1 fully saturated rings. The summed E-state index contributed by atoms with van der Waals surface area (Å²) in [7, 11) is 0. The van der Waals surface area contributed by atoms with Crippen LogP contribution in [0, 0.1) is 5.92 Å². The molecule has 2 atom stereocenters. The van der Waals surface area contributed by atoms with E-state index >= 15 is 0 Å². The van der Waals surface area contributed by atoms with Crippen LogP contribution in [-0.2, 0) is 4.79 Å². The fourth-order valence-corrected chi connectivity index (χ4v) is 1.90. The summed E-state index contributed by atoms with van der Waals surface area (Å²) in [5.74, 6) is 0.639. The fraction of sp³-hybridized carbons (Fsp3) is 0.889. The van der Waals surface area contributed by atoms with Gasteiger partial charge >= 0.3 is 0 Å². The second-order valence-electron chi connectivity index (χ2n) is 3.61. The number of rotatable bonds is 3. The summed E-state index contributed by atoms with van der Waals surface area (Å²) in [6, 6.07) is 0. The summed E-state index contributed by atoms with van der Waals surface area (Å²) in [6.45, 7) is 2.14. The van der Waals surface area contributed by atoms with Gasteiger partial charge in [-0.2, -0.15) is 0 Å². The van der Waals surface area contributed by atoms with Crippen molar-refractivity contribution in [2.24, 2.45) is 5.92 Å². The molecule has 0 aromatic carbocycles. The second-order valence-corrected chi connectivity index (χ2v) is 3.61. The maximum atomic E-state index is 10.2. The van der Waals surface area contributed by atoms with Crippen LogP contribution in [0.4, 0.5) is 0 Å². The van der Waals surface area contributed by atoms with E-state index in [1.807, 2.05) is 0 Å². The van der Waals surface area contributed by atoms with Crippen molar-refractivity contribution < 1.29 is 9.90 Å². The third-order valence-corrected chi connectivity index (χ3v) is 2.73. The van der Waals surface area contributed by atoms with E-state index in [1.165, 1.54) is 0 Å². The molecule has 1 saturated carbocycles. The van der Waals surface area contributed by atoms with Crippen molar-refractivity contribution in [1.82, 2.24) is 0 Å². The molecule has 1 aliphatic rings. The lowest BCUT2D eigenvalue weighted by molar-refractivity contribution is -0.112. The molecular formula is C9H16O2. The minimum Gasteiger partial charge on any atom is -0.389 e. The Morgan fingerprint density at radius 2 is 2.45 bits per heavy atom. The van der Waals surface area contributed by atoms with Crippen LogP contribution in [0.15, 0.2) is 0 Å². The van der Waals surface area contributed by atoms with E-state index in [2.05, 4.69) is 6.92 Å². The highest BCUT2D eigenvalue weighted by atomic mass is 16.3. The lowest BCUT2D eigenvalue weighted by atomic mass is 9.96. The molecular weight excluding hydrogens is 140 g/mol. The largest absolute Gasteiger partial charge is 0.389 e. The normalized spacial score (nSPS) is 37.5. The zero-order chi connectivity index (χ0) is 8.32. The van der Waals surface area contributed by atoms with E-state index in [-0.39, 0.29) is 0 Å². The van der Waals surface area contributed by atoms with Crippen LogP contribution in [0.5, 0.6) is 0 Å². The van der Waals surface area contributed by atoms with Gasteiger partial charge in [0, 0.05) is 6.42 Å². The molecule has 0 amide bonds. The average molecular weight is 156 g/mol. The lowest BCUT2D eigenvalue weighted by Crippen LogP contribution is -2.24. The first-order valence-electron chi connectivity index (χ1n) is 4.36. The number of hydrogen-bond acceptors (Lipinski definition) is 2. The number of aliphatic hydroxyl groups is 1. The number of carbonyl (C=O) groups is 1. The third kappa shape index (κ3) is 2.03. The number of carbonyl (C=O) groups excluding carboxylic acids is 1. The van der Waals surface area contributed by atoms with Crippen molar-refractivity contribution in [2.75, 3.05) is 0 Å². The first-order chi connectivity index (χ1) is 5.20. The molecule has 1 rings (SSSR count). The second kappa shape index (κ2) is 3.35. The predicted octanol–water partition coefficient (Wildman–Crippen LogP) is 1.52. The Morgan fingerprint density at radius 1 is 1.73 bits per heavy atom. The Kier molecular flexibility index (Phi) is 2.66. The van der Waals surface area contributed by atoms with Gasteiger partial charge < -0.3 is 9.90 Å². The van der Waals surface area contributed by atoms with Crippen LogP contribution in [0.25, 0.3) is 0 Å². The fourth-order valence-electron chi connectivity index (χ4n) is 1.90. The van der Waals surface area contributed by atoms with Gasteiger partial charge in [-0.3, -0.25) is 0 Å². The quantitative estimate of drug-likeness (QED) is 0.629. The van der Waals surface area contributed by atoms with Crippen LogP contribution >= 0.6 is 0 Å². The summed E-state index contributed by atoms with van der Waals surface area (Å²) in [5.41, 5.74) is -0.650. The minimum absolute atomic E-state index is 0.323. The van der Waals surface area contributed by atoms with Gasteiger partial charge in [0.05, 0.1) is 5.60 Å². The van der Waals surface area contributed by atoms with Crippen molar-refractivity contribution >= 4 is 6.29 Å². The lowest BCUT2D eigenvalue weighted by Gasteiger charge is -2.18. The molecule has 0 spiro atoms. The maximum Gasteiger partial charge on any atom is 0.122 e. The Hall–Kier alpha value is -0.370. The monoisotopic (exact) mass is 156 g/mol. The van der Waals surface area contributed by atoms with Crippen molar-refractivity contribution in [2.45, 2.75) is 44.6 Å². The summed E-state index contributed by atoms with van der Waals surface area (Å²) in [5, 5.41) is 9.76. The van der Waals surface area contributed by atoms with Gasteiger partial charge in [-0.15, -0.1) is 0 Å². The number of aldehydes is 1. The predicted molar refractivity (Wildman–Crippen MR) is 43.3 cm³/mol. The molecule has 0 aromatic rings. The minimum atomic E-state index is -0.650. The van der Waals surface area contributed by atoms with Crippen molar-refractivity contribution in [3.8, 4) is 0 Å². The molecule has 0 radical (unpaired) electrons. The van der Waals surface area contributed by atoms with E-state index in [0.717, 1.165) is 32.0 Å². The first kappa shape index (κ1) is 8.72. The first-order valence-corrected chi connectivity index (χ1v) is 4.36. The SMILES string of the molecule is CCC1CCC(O)(CC=O)C1. The van der Waals surface area contributed by atoms with Crippen molar-refractivity contribution in [3.05, 3.63) is 0 Å². The summed E-state index contributed by atoms with van der Waals surface area (Å²) >= 11 is 0. The summed E-state index contributed by atoms with van der Waals surface area (Å²) in [4.78, 5) is 10.2. The van der Waals surface area contributed by atoms with Crippen LogP contribution < -0.4 is 0 Å². The molecule has 0 aliphatic heterocycles. The number of hydrogen-bond donors (Lipinski definition) is 1. The topological polar surface area (TPSA) is 37.3 Å². The highest BCUT2D eigenvalue weighted by Gasteiger charge is 2.35. The van der Waals surface area contributed by atoms with E-state index < -0.39 is 5.60 Å². The van der Waals surface area contributed by atoms with Gasteiger partial charge in [0.15, 0.2) is 0 Å². The zero-order valence-electron chi connectivity index (χ0n) is 7.05. The van der Waals surface area contributed by atoms with Crippen molar-refractivity contribution in [3.63, 3.8) is 0 Å². The van der Waals surface area contributed by atoms with Crippen LogP contribution in [-0.4, -0.2) is 17.0 Å². The van der Waals surface area contributed by atoms with Gasteiger partial charge in [-0.1, -0.05) is 13.3 Å². The Bertz CT molecular complexity index is 144. The van der Waals surface area contributed by atoms with Crippen LogP contribution in [0.1, 0.15) is 39.0 Å². The molecule has 1 N–H and O–H groups in total. The van der Waals surface area contributed by atoms with Crippen LogP contribution in [0.2, 0.25) is 0 Å². The standard InChI is InChI=1S/C9H16O2/c1-2-8-3-4-9(11,7-8)5-6-10/h6,8,11H,2-5,7H2,1H3. The van der Waals surface area contributed by atoms with E-state index in [9.17, 15) is 9.90 Å². The van der Waals surface area contributed by atoms with Gasteiger partial charge in [-0.05, 0) is 25.2 Å². The highest BCUT2D eigenvalue weighted by molar-refractivity contribution is 5.51. The molecule has 64 valence electrons. The molecule has 0 aromatic heterocycles. The molecule has 2 heteroatoms. The van der Waals surface area contributed by atoms with Crippen LogP contribution in [0.3, 0.4) is 0 Å². The summed E-state index contributed by atoms with van der Waals surface area (Å²) < 4.78 is 0. The Balaban J connectivity index is 2.43. The molecule has 0 bridgehead atoms.